The van der Waals surface area contributed by atoms with Gasteiger partial charge in [0, 0.05) is 13.6 Å². The number of likely N-dealkylation sites (N-methyl/N-ethyl adjacent to an activating group) is 1. The molecular formula is C19H19NO. The summed E-state index contributed by atoms with van der Waals surface area (Å²) in [6, 6.07) is 20.7. The molecule has 1 amide bonds. The summed E-state index contributed by atoms with van der Waals surface area (Å²) in [7, 11) is 1.87. The molecule has 1 heterocycles. The molecule has 2 aromatic rings. The summed E-state index contributed by atoms with van der Waals surface area (Å²) in [5.74, 6) is 0.153. The van der Waals surface area contributed by atoms with Crippen LogP contribution in [0, 0.1) is 5.92 Å². The Bertz CT molecular complexity index is 632. The Kier molecular flexibility index (Phi) is 3.61. The van der Waals surface area contributed by atoms with Gasteiger partial charge in [0.1, 0.15) is 0 Å². The minimum absolute atomic E-state index is 0.0505. The van der Waals surface area contributed by atoms with Crippen LogP contribution in [0.2, 0.25) is 0 Å². The number of hydrogen-bond donors (Lipinski definition) is 0. The van der Waals surface area contributed by atoms with Gasteiger partial charge in [-0.05, 0) is 29.2 Å². The normalized spacial score (nSPS) is 18.2. The van der Waals surface area contributed by atoms with E-state index in [1.807, 2.05) is 55.3 Å². The number of amides is 1. The smallest absolute Gasteiger partial charge is 0.229 e. The third kappa shape index (κ3) is 2.49. The molecule has 1 aliphatic rings. The van der Waals surface area contributed by atoms with Crippen molar-refractivity contribution in [2.75, 3.05) is 13.6 Å². The van der Waals surface area contributed by atoms with Crippen LogP contribution in [0.5, 0.6) is 0 Å². The number of rotatable bonds is 2. The van der Waals surface area contributed by atoms with Crippen LogP contribution in [-0.2, 0) is 4.79 Å². The molecule has 1 saturated heterocycles. The van der Waals surface area contributed by atoms with E-state index in [0.717, 1.165) is 0 Å². The van der Waals surface area contributed by atoms with E-state index >= 15 is 0 Å². The Morgan fingerprint density at radius 1 is 0.952 bits per heavy atom. The lowest BCUT2D eigenvalue weighted by Gasteiger charge is -2.14. The highest BCUT2D eigenvalue weighted by Crippen LogP contribution is 2.34. The molecule has 0 aliphatic carbocycles. The minimum atomic E-state index is -0.0505. The Morgan fingerprint density at radius 3 is 1.81 bits per heavy atom. The van der Waals surface area contributed by atoms with Crippen LogP contribution in [-0.4, -0.2) is 24.4 Å². The van der Waals surface area contributed by atoms with Crippen molar-refractivity contribution in [1.29, 1.82) is 0 Å². The van der Waals surface area contributed by atoms with Crippen molar-refractivity contribution in [3.8, 4) is 0 Å². The van der Waals surface area contributed by atoms with E-state index in [1.165, 1.54) is 22.3 Å². The second-order valence-corrected chi connectivity index (χ2v) is 5.55. The Balaban J connectivity index is 2.21. The highest BCUT2D eigenvalue weighted by Gasteiger charge is 2.32. The molecule has 106 valence electrons. The summed E-state index contributed by atoms with van der Waals surface area (Å²) in [5.41, 5.74) is 4.75. The summed E-state index contributed by atoms with van der Waals surface area (Å²) in [6.07, 6.45) is 0. The maximum Gasteiger partial charge on any atom is 0.229 e. The highest BCUT2D eigenvalue weighted by atomic mass is 16.2. The summed E-state index contributed by atoms with van der Waals surface area (Å²) in [5, 5.41) is 0. The number of benzene rings is 2. The fourth-order valence-corrected chi connectivity index (χ4v) is 2.99. The molecule has 2 nitrogen and oxygen atoms in total. The monoisotopic (exact) mass is 277 g/mol. The van der Waals surface area contributed by atoms with Gasteiger partial charge in [-0.15, -0.1) is 0 Å². The molecule has 21 heavy (non-hydrogen) atoms. The fourth-order valence-electron chi connectivity index (χ4n) is 2.99. The van der Waals surface area contributed by atoms with Crippen LogP contribution >= 0.6 is 0 Å². The van der Waals surface area contributed by atoms with Crippen molar-refractivity contribution < 1.29 is 4.79 Å². The van der Waals surface area contributed by atoms with Crippen LogP contribution in [0.1, 0.15) is 18.1 Å². The van der Waals surface area contributed by atoms with Crippen molar-refractivity contribution in [1.82, 2.24) is 4.90 Å². The summed E-state index contributed by atoms with van der Waals surface area (Å²) >= 11 is 0. The number of nitrogens with zero attached hydrogens (tertiary/aromatic N) is 1. The van der Waals surface area contributed by atoms with E-state index in [4.69, 9.17) is 0 Å². The van der Waals surface area contributed by atoms with Crippen molar-refractivity contribution in [3.05, 3.63) is 77.4 Å². The van der Waals surface area contributed by atoms with Gasteiger partial charge in [0.15, 0.2) is 0 Å². The summed E-state index contributed by atoms with van der Waals surface area (Å²) < 4.78 is 0. The first-order chi connectivity index (χ1) is 10.2. The number of carbonyl (C=O) groups is 1. The van der Waals surface area contributed by atoms with Crippen molar-refractivity contribution in [2.45, 2.75) is 6.92 Å². The zero-order chi connectivity index (χ0) is 14.8. The largest absolute Gasteiger partial charge is 0.341 e. The number of likely N-dealkylation sites (tertiary alicyclic amines) is 1. The molecule has 0 bridgehead atoms. The molecule has 0 spiro atoms. The van der Waals surface area contributed by atoms with Gasteiger partial charge in [-0.2, -0.15) is 0 Å². The van der Waals surface area contributed by atoms with Gasteiger partial charge in [0.05, 0.1) is 5.92 Å². The first-order valence-electron chi connectivity index (χ1n) is 7.27. The van der Waals surface area contributed by atoms with Gasteiger partial charge in [-0.3, -0.25) is 4.79 Å². The summed E-state index contributed by atoms with van der Waals surface area (Å²) in [6.45, 7) is 2.71. The van der Waals surface area contributed by atoms with E-state index in [9.17, 15) is 4.79 Å². The zero-order valence-corrected chi connectivity index (χ0v) is 12.4. The van der Waals surface area contributed by atoms with E-state index in [1.54, 1.807) is 0 Å². The molecular weight excluding hydrogens is 258 g/mol. The average molecular weight is 277 g/mol. The molecule has 0 aromatic heterocycles. The Hall–Kier alpha value is -2.35. The van der Waals surface area contributed by atoms with E-state index < -0.39 is 0 Å². The van der Waals surface area contributed by atoms with E-state index in [-0.39, 0.29) is 11.8 Å². The average Bonchev–Trinajstić information content (AvgIpc) is 2.78. The standard InChI is InChI=1S/C19H19NO/c1-14-17(13-20(2)19(14)21)18(15-9-5-3-6-10-15)16-11-7-4-8-12-16/h3-12,14H,13H2,1-2H3. The lowest BCUT2D eigenvalue weighted by Crippen LogP contribution is -2.21. The second kappa shape index (κ2) is 5.57. The third-order valence-electron chi connectivity index (χ3n) is 4.12. The van der Waals surface area contributed by atoms with Crippen LogP contribution in [0.3, 0.4) is 0 Å². The van der Waals surface area contributed by atoms with Crippen LogP contribution in [0.15, 0.2) is 66.2 Å². The quantitative estimate of drug-likeness (QED) is 0.821. The highest BCUT2D eigenvalue weighted by molar-refractivity contribution is 5.92. The van der Waals surface area contributed by atoms with Crippen molar-refractivity contribution in [3.63, 3.8) is 0 Å². The molecule has 1 fully saturated rings. The van der Waals surface area contributed by atoms with E-state index in [2.05, 4.69) is 24.3 Å². The number of hydrogen-bond acceptors (Lipinski definition) is 1. The molecule has 1 aliphatic heterocycles. The number of carbonyl (C=O) groups excluding carboxylic acids is 1. The molecule has 0 radical (unpaired) electrons. The van der Waals surface area contributed by atoms with Gasteiger partial charge in [0.25, 0.3) is 0 Å². The SMILES string of the molecule is CC1C(=O)N(C)CC1=C(c1ccccc1)c1ccccc1. The molecule has 0 N–H and O–H groups in total. The predicted molar refractivity (Wildman–Crippen MR) is 85.7 cm³/mol. The second-order valence-electron chi connectivity index (χ2n) is 5.55. The predicted octanol–water partition coefficient (Wildman–Crippen LogP) is 3.60. The third-order valence-corrected chi connectivity index (χ3v) is 4.12. The van der Waals surface area contributed by atoms with Gasteiger partial charge in [-0.1, -0.05) is 60.7 Å². The molecule has 1 unspecified atom stereocenters. The van der Waals surface area contributed by atoms with Gasteiger partial charge in [0.2, 0.25) is 5.91 Å². The first kappa shape index (κ1) is 13.6. The van der Waals surface area contributed by atoms with Crippen LogP contribution in [0.25, 0.3) is 5.57 Å². The Morgan fingerprint density at radius 2 is 1.43 bits per heavy atom. The van der Waals surface area contributed by atoms with Crippen molar-refractivity contribution >= 4 is 11.5 Å². The lowest BCUT2D eigenvalue weighted by atomic mass is 9.89. The van der Waals surface area contributed by atoms with Gasteiger partial charge < -0.3 is 4.90 Å². The molecule has 2 heteroatoms. The molecule has 1 atom stereocenters. The maximum absolute atomic E-state index is 12.2. The zero-order valence-electron chi connectivity index (χ0n) is 12.4. The molecule has 3 rings (SSSR count). The van der Waals surface area contributed by atoms with E-state index in [0.29, 0.717) is 6.54 Å². The minimum Gasteiger partial charge on any atom is -0.341 e. The summed E-state index contributed by atoms with van der Waals surface area (Å²) in [4.78, 5) is 14.0. The fraction of sp³-hybridized carbons (Fsp3) is 0.211. The Labute approximate surface area is 125 Å². The molecule has 0 saturated carbocycles. The van der Waals surface area contributed by atoms with Crippen LogP contribution < -0.4 is 0 Å². The lowest BCUT2D eigenvalue weighted by molar-refractivity contribution is -0.129. The van der Waals surface area contributed by atoms with Crippen molar-refractivity contribution in [2.24, 2.45) is 5.92 Å². The molecule has 2 aromatic carbocycles. The topological polar surface area (TPSA) is 20.3 Å². The first-order valence-corrected chi connectivity index (χ1v) is 7.27. The maximum atomic E-state index is 12.2. The van der Waals surface area contributed by atoms with Gasteiger partial charge in [-0.25, -0.2) is 0 Å². The van der Waals surface area contributed by atoms with Crippen LogP contribution in [0.4, 0.5) is 0 Å². The van der Waals surface area contributed by atoms with Gasteiger partial charge >= 0.3 is 0 Å².